The van der Waals surface area contributed by atoms with Gasteiger partial charge in [0.2, 0.25) is 0 Å². The van der Waals surface area contributed by atoms with Gasteiger partial charge in [-0.3, -0.25) is 0 Å². The fraction of sp³-hybridized carbons (Fsp3) is 0.778. The zero-order chi connectivity index (χ0) is 8.53. The Labute approximate surface area is 69.6 Å². The molecule has 0 radical (unpaired) electrons. The zero-order valence-electron chi connectivity index (χ0n) is 7.60. The molecule has 0 aliphatic rings. The van der Waals surface area contributed by atoms with Crippen molar-refractivity contribution in [2.45, 2.75) is 25.8 Å². The van der Waals surface area contributed by atoms with Crippen LogP contribution in [0.5, 0.6) is 0 Å². The van der Waals surface area contributed by atoms with Gasteiger partial charge in [0.25, 0.3) is 0 Å². The number of hydrogen-bond donors (Lipinski definition) is 1. The summed E-state index contributed by atoms with van der Waals surface area (Å²) in [5, 5.41) is 3.35. The van der Waals surface area contributed by atoms with E-state index in [0.717, 1.165) is 26.0 Å². The number of methoxy groups -OCH3 is 1. The third kappa shape index (κ3) is 7.56. The molecule has 0 aromatic rings. The minimum absolute atomic E-state index is 0.463. The van der Waals surface area contributed by atoms with E-state index in [-0.39, 0.29) is 0 Å². The predicted octanol–water partition coefficient (Wildman–Crippen LogP) is 1.58. The zero-order valence-corrected chi connectivity index (χ0v) is 7.60. The van der Waals surface area contributed by atoms with Crippen molar-refractivity contribution in [2.75, 3.05) is 20.3 Å². The Bertz CT molecular complexity index is 93.6. The van der Waals surface area contributed by atoms with Crippen LogP contribution in [0.3, 0.4) is 0 Å². The Kier molecular flexibility index (Phi) is 7.52. The lowest BCUT2D eigenvalue weighted by molar-refractivity contribution is 0.172. The van der Waals surface area contributed by atoms with Gasteiger partial charge in [0.1, 0.15) is 0 Å². The van der Waals surface area contributed by atoms with Crippen LogP contribution < -0.4 is 5.32 Å². The second-order valence-corrected chi connectivity index (χ2v) is 2.74. The van der Waals surface area contributed by atoms with Gasteiger partial charge in [-0.15, -0.1) is 6.58 Å². The Morgan fingerprint density at radius 1 is 1.64 bits per heavy atom. The lowest BCUT2D eigenvalue weighted by Crippen LogP contribution is -2.30. The molecule has 0 aliphatic carbocycles. The summed E-state index contributed by atoms with van der Waals surface area (Å²) in [4.78, 5) is 0. The molecule has 1 atom stereocenters. The molecule has 11 heavy (non-hydrogen) atoms. The molecule has 0 amide bonds. The molecule has 0 spiro atoms. The summed E-state index contributed by atoms with van der Waals surface area (Å²) in [6.45, 7) is 7.62. The normalized spacial score (nSPS) is 12.9. The highest BCUT2D eigenvalue weighted by Crippen LogP contribution is 1.88. The quantitative estimate of drug-likeness (QED) is 0.447. The van der Waals surface area contributed by atoms with Crippen LogP contribution in [0.15, 0.2) is 12.7 Å². The molecule has 1 N–H and O–H groups in total. The lowest BCUT2D eigenvalue weighted by atomic mass is 10.3. The number of ether oxygens (including phenoxy) is 1. The van der Waals surface area contributed by atoms with Gasteiger partial charge < -0.3 is 10.1 Å². The first-order valence-corrected chi connectivity index (χ1v) is 4.14. The summed E-state index contributed by atoms with van der Waals surface area (Å²) in [5.41, 5.74) is 0. The topological polar surface area (TPSA) is 21.3 Å². The molecule has 0 aliphatic heterocycles. The van der Waals surface area contributed by atoms with Crippen molar-refractivity contribution in [1.82, 2.24) is 5.32 Å². The molecule has 0 aromatic heterocycles. The van der Waals surface area contributed by atoms with Crippen LogP contribution in [-0.4, -0.2) is 26.3 Å². The van der Waals surface area contributed by atoms with Crippen LogP contribution in [0.4, 0.5) is 0 Å². The van der Waals surface area contributed by atoms with Crippen LogP contribution in [0, 0.1) is 0 Å². The van der Waals surface area contributed by atoms with Crippen molar-refractivity contribution in [2.24, 2.45) is 0 Å². The third-order valence-corrected chi connectivity index (χ3v) is 1.49. The van der Waals surface area contributed by atoms with Gasteiger partial charge in [0, 0.05) is 13.2 Å². The van der Waals surface area contributed by atoms with E-state index in [1.54, 1.807) is 7.11 Å². The van der Waals surface area contributed by atoms with E-state index in [2.05, 4.69) is 18.8 Å². The predicted molar refractivity (Wildman–Crippen MR) is 48.8 cm³/mol. The largest absolute Gasteiger partial charge is 0.383 e. The van der Waals surface area contributed by atoms with Gasteiger partial charge >= 0.3 is 0 Å². The first kappa shape index (κ1) is 10.7. The molecule has 0 saturated carbocycles. The van der Waals surface area contributed by atoms with E-state index in [1.807, 2.05) is 6.08 Å². The lowest BCUT2D eigenvalue weighted by Gasteiger charge is -2.11. The molecule has 0 saturated heterocycles. The smallest absolute Gasteiger partial charge is 0.0613 e. The van der Waals surface area contributed by atoms with Crippen LogP contribution in [0.25, 0.3) is 0 Å². The van der Waals surface area contributed by atoms with Gasteiger partial charge in [-0.05, 0) is 26.3 Å². The van der Waals surface area contributed by atoms with E-state index in [1.165, 1.54) is 0 Å². The number of hydrogen-bond acceptors (Lipinski definition) is 2. The molecule has 0 bridgehead atoms. The fourth-order valence-corrected chi connectivity index (χ4v) is 0.904. The number of rotatable bonds is 7. The fourth-order valence-electron chi connectivity index (χ4n) is 0.904. The van der Waals surface area contributed by atoms with Crippen molar-refractivity contribution >= 4 is 0 Å². The Morgan fingerprint density at radius 3 is 2.91 bits per heavy atom. The molecule has 0 heterocycles. The SMILES string of the molecule is C=CCCCNC(C)COC. The van der Waals surface area contributed by atoms with Gasteiger partial charge in [-0.25, -0.2) is 0 Å². The highest BCUT2D eigenvalue weighted by molar-refractivity contribution is 4.67. The van der Waals surface area contributed by atoms with Gasteiger partial charge in [-0.2, -0.15) is 0 Å². The van der Waals surface area contributed by atoms with Crippen molar-refractivity contribution in [3.8, 4) is 0 Å². The molecular formula is C9H19NO. The second kappa shape index (κ2) is 7.76. The van der Waals surface area contributed by atoms with Crippen molar-refractivity contribution in [1.29, 1.82) is 0 Å². The highest BCUT2D eigenvalue weighted by Gasteiger charge is 1.97. The molecule has 1 unspecified atom stereocenters. The maximum atomic E-state index is 4.98. The van der Waals surface area contributed by atoms with Crippen molar-refractivity contribution < 1.29 is 4.74 Å². The molecule has 0 aromatic carbocycles. The molecule has 0 rings (SSSR count). The molecule has 2 heteroatoms. The molecular weight excluding hydrogens is 138 g/mol. The van der Waals surface area contributed by atoms with Gasteiger partial charge in [0.15, 0.2) is 0 Å². The van der Waals surface area contributed by atoms with Crippen LogP contribution in [-0.2, 0) is 4.74 Å². The first-order chi connectivity index (χ1) is 5.31. The number of allylic oxidation sites excluding steroid dienone is 1. The maximum Gasteiger partial charge on any atom is 0.0613 e. The van der Waals surface area contributed by atoms with Crippen LogP contribution in [0.1, 0.15) is 19.8 Å². The number of nitrogens with one attached hydrogen (secondary N) is 1. The average molecular weight is 157 g/mol. The van der Waals surface area contributed by atoms with Crippen molar-refractivity contribution in [3.63, 3.8) is 0 Å². The Morgan fingerprint density at radius 2 is 2.36 bits per heavy atom. The van der Waals surface area contributed by atoms with E-state index >= 15 is 0 Å². The molecule has 0 fully saturated rings. The third-order valence-electron chi connectivity index (χ3n) is 1.49. The maximum absolute atomic E-state index is 4.98. The van der Waals surface area contributed by atoms with E-state index in [0.29, 0.717) is 6.04 Å². The average Bonchev–Trinajstić information content (AvgIpc) is 1.99. The summed E-state index contributed by atoms with van der Waals surface area (Å²) in [7, 11) is 1.72. The summed E-state index contributed by atoms with van der Waals surface area (Å²) in [6, 6.07) is 0.463. The second-order valence-electron chi connectivity index (χ2n) is 2.74. The summed E-state index contributed by atoms with van der Waals surface area (Å²) < 4.78 is 4.98. The van der Waals surface area contributed by atoms with E-state index in [9.17, 15) is 0 Å². The molecule has 2 nitrogen and oxygen atoms in total. The number of unbranched alkanes of at least 4 members (excludes halogenated alkanes) is 1. The van der Waals surface area contributed by atoms with Gasteiger partial charge in [0.05, 0.1) is 6.61 Å². The Hall–Kier alpha value is -0.340. The standard InChI is InChI=1S/C9H19NO/c1-4-5-6-7-10-9(2)8-11-3/h4,9-10H,1,5-8H2,2-3H3. The van der Waals surface area contributed by atoms with Crippen LogP contribution >= 0.6 is 0 Å². The minimum Gasteiger partial charge on any atom is -0.383 e. The van der Waals surface area contributed by atoms with Crippen molar-refractivity contribution in [3.05, 3.63) is 12.7 Å². The van der Waals surface area contributed by atoms with Gasteiger partial charge in [-0.1, -0.05) is 6.08 Å². The highest BCUT2D eigenvalue weighted by atomic mass is 16.5. The monoisotopic (exact) mass is 157 g/mol. The minimum atomic E-state index is 0.463. The summed E-state index contributed by atoms with van der Waals surface area (Å²) in [6.07, 6.45) is 4.20. The molecule has 66 valence electrons. The summed E-state index contributed by atoms with van der Waals surface area (Å²) >= 11 is 0. The van der Waals surface area contributed by atoms with E-state index in [4.69, 9.17) is 4.74 Å². The Balaban J connectivity index is 3.03. The first-order valence-electron chi connectivity index (χ1n) is 4.14. The van der Waals surface area contributed by atoms with E-state index < -0.39 is 0 Å². The summed E-state index contributed by atoms with van der Waals surface area (Å²) in [5.74, 6) is 0. The van der Waals surface area contributed by atoms with Crippen LogP contribution in [0.2, 0.25) is 0 Å².